The Morgan fingerprint density at radius 3 is 2.48 bits per heavy atom. The standard InChI is InChI=1S/C19H19Cl2N5S/c1-3-25(4-2)15-8-5-13(6-9-15)12-22-26-18(23-24-19(26)27)16-10-7-14(20)11-17(16)21/h5-12H,3-4H2,1-2H3,(H,24,27). The van der Waals surface area contributed by atoms with Crippen LogP contribution in [0.15, 0.2) is 47.6 Å². The fraction of sp³-hybridized carbons (Fsp3) is 0.211. The smallest absolute Gasteiger partial charge is 0.216 e. The highest BCUT2D eigenvalue weighted by molar-refractivity contribution is 7.71. The normalized spacial score (nSPS) is 11.3. The molecule has 0 unspecified atom stereocenters. The molecular formula is C19H19Cl2N5S. The van der Waals surface area contributed by atoms with Crippen LogP contribution in [-0.4, -0.2) is 34.2 Å². The summed E-state index contributed by atoms with van der Waals surface area (Å²) in [6.07, 6.45) is 1.74. The Morgan fingerprint density at radius 1 is 1.15 bits per heavy atom. The maximum atomic E-state index is 6.29. The van der Waals surface area contributed by atoms with Gasteiger partial charge in [0, 0.05) is 29.4 Å². The van der Waals surface area contributed by atoms with E-state index >= 15 is 0 Å². The van der Waals surface area contributed by atoms with E-state index in [1.807, 2.05) is 12.1 Å². The minimum Gasteiger partial charge on any atom is -0.372 e. The molecule has 0 aliphatic carbocycles. The first kappa shape index (κ1) is 19.6. The largest absolute Gasteiger partial charge is 0.372 e. The summed E-state index contributed by atoms with van der Waals surface area (Å²) in [4.78, 5) is 2.29. The van der Waals surface area contributed by atoms with E-state index in [2.05, 4.69) is 46.2 Å². The number of halogens is 2. The van der Waals surface area contributed by atoms with Crippen molar-refractivity contribution in [2.24, 2.45) is 5.10 Å². The summed E-state index contributed by atoms with van der Waals surface area (Å²) in [6.45, 7) is 6.23. The number of nitrogens with zero attached hydrogens (tertiary/aromatic N) is 4. The fourth-order valence-corrected chi connectivity index (χ4v) is 3.40. The van der Waals surface area contributed by atoms with Crippen molar-refractivity contribution in [1.82, 2.24) is 14.9 Å². The number of rotatable bonds is 6. The Kier molecular flexibility index (Phi) is 6.31. The lowest BCUT2D eigenvalue weighted by Gasteiger charge is -2.20. The van der Waals surface area contributed by atoms with E-state index in [-0.39, 0.29) is 0 Å². The van der Waals surface area contributed by atoms with Gasteiger partial charge in [0.1, 0.15) is 0 Å². The summed E-state index contributed by atoms with van der Waals surface area (Å²) < 4.78 is 1.93. The molecule has 0 aliphatic heterocycles. The number of benzene rings is 2. The quantitative estimate of drug-likeness (QED) is 0.415. The van der Waals surface area contributed by atoms with E-state index < -0.39 is 0 Å². The minimum atomic E-state index is 0.382. The monoisotopic (exact) mass is 419 g/mol. The van der Waals surface area contributed by atoms with Crippen LogP contribution in [-0.2, 0) is 0 Å². The number of nitrogens with one attached hydrogen (secondary N) is 1. The van der Waals surface area contributed by atoms with Gasteiger partial charge in [-0.15, -0.1) is 0 Å². The first-order chi connectivity index (χ1) is 13.0. The topological polar surface area (TPSA) is 49.2 Å². The number of hydrogen-bond acceptors (Lipinski definition) is 4. The van der Waals surface area contributed by atoms with Crippen molar-refractivity contribution >= 4 is 47.3 Å². The fourth-order valence-electron chi connectivity index (χ4n) is 2.73. The van der Waals surface area contributed by atoms with Crippen LogP contribution in [0.25, 0.3) is 11.4 Å². The van der Waals surface area contributed by atoms with Crippen LogP contribution in [0.5, 0.6) is 0 Å². The van der Waals surface area contributed by atoms with Gasteiger partial charge in [0.2, 0.25) is 4.77 Å². The molecule has 0 saturated carbocycles. The van der Waals surface area contributed by atoms with Crippen LogP contribution in [0.4, 0.5) is 5.69 Å². The van der Waals surface area contributed by atoms with Gasteiger partial charge in [0.25, 0.3) is 0 Å². The lowest BCUT2D eigenvalue weighted by molar-refractivity contribution is 0.865. The summed E-state index contributed by atoms with van der Waals surface area (Å²) in [5.41, 5.74) is 2.84. The molecule has 1 N–H and O–H groups in total. The van der Waals surface area contributed by atoms with Gasteiger partial charge in [-0.2, -0.15) is 14.9 Å². The minimum absolute atomic E-state index is 0.382. The molecule has 8 heteroatoms. The molecule has 0 fully saturated rings. The van der Waals surface area contributed by atoms with Gasteiger partial charge in [-0.1, -0.05) is 35.3 Å². The Bertz CT molecular complexity index is 1000. The van der Waals surface area contributed by atoms with Crippen molar-refractivity contribution in [2.45, 2.75) is 13.8 Å². The molecule has 2 aromatic carbocycles. The molecule has 0 saturated heterocycles. The zero-order chi connectivity index (χ0) is 19.4. The average molecular weight is 420 g/mol. The van der Waals surface area contributed by atoms with Gasteiger partial charge in [-0.3, -0.25) is 0 Å². The molecule has 0 radical (unpaired) electrons. The van der Waals surface area contributed by atoms with Crippen molar-refractivity contribution in [2.75, 3.05) is 18.0 Å². The second-order valence-electron chi connectivity index (χ2n) is 5.80. The van der Waals surface area contributed by atoms with E-state index in [0.717, 1.165) is 18.7 Å². The van der Waals surface area contributed by atoms with Crippen LogP contribution in [0.2, 0.25) is 10.0 Å². The Morgan fingerprint density at radius 2 is 1.85 bits per heavy atom. The van der Waals surface area contributed by atoms with E-state index in [0.29, 0.717) is 26.2 Å². The second-order valence-corrected chi connectivity index (χ2v) is 7.03. The Labute approximate surface area is 173 Å². The summed E-state index contributed by atoms with van der Waals surface area (Å²) >= 11 is 17.6. The van der Waals surface area contributed by atoms with Crippen molar-refractivity contribution in [3.63, 3.8) is 0 Å². The Balaban J connectivity index is 1.90. The van der Waals surface area contributed by atoms with Crippen molar-refractivity contribution < 1.29 is 0 Å². The van der Waals surface area contributed by atoms with E-state index in [4.69, 9.17) is 35.4 Å². The molecule has 0 aliphatic rings. The highest BCUT2D eigenvalue weighted by Crippen LogP contribution is 2.29. The van der Waals surface area contributed by atoms with E-state index in [1.165, 1.54) is 5.69 Å². The highest BCUT2D eigenvalue weighted by Gasteiger charge is 2.12. The van der Waals surface area contributed by atoms with Gasteiger partial charge in [0.05, 0.1) is 11.2 Å². The zero-order valence-corrected chi connectivity index (χ0v) is 17.3. The van der Waals surface area contributed by atoms with E-state index in [1.54, 1.807) is 29.1 Å². The third-order valence-electron chi connectivity index (χ3n) is 4.17. The van der Waals surface area contributed by atoms with Crippen LogP contribution in [0.1, 0.15) is 19.4 Å². The first-order valence-electron chi connectivity index (χ1n) is 8.55. The van der Waals surface area contributed by atoms with Crippen LogP contribution >= 0.6 is 35.4 Å². The third kappa shape index (κ3) is 4.40. The molecule has 27 heavy (non-hydrogen) atoms. The molecule has 5 nitrogen and oxygen atoms in total. The number of anilines is 1. The maximum Gasteiger partial charge on any atom is 0.216 e. The third-order valence-corrected chi connectivity index (χ3v) is 4.98. The van der Waals surface area contributed by atoms with Crippen molar-refractivity contribution in [3.05, 3.63) is 62.8 Å². The second kappa shape index (κ2) is 8.69. The number of H-pyrrole nitrogens is 1. The first-order valence-corrected chi connectivity index (χ1v) is 9.72. The number of hydrogen-bond donors (Lipinski definition) is 1. The van der Waals surface area contributed by atoms with Gasteiger partial charge in [0.15, 0.2) is 5.82 Å². The molecule has 3 aromatic rings. The van der Waals surface area contributed by atoms with Crippen LogP contribution in [0, 0.1) is 4.77 Å². The highest BCUT2D eigenvalue weighted by atomic mass is 35.5. The maximum absolute atomic E-state index is 6.29. The molecule has 1 aromatic heterocycles. The van der Waals surface area contributed by atoms with Crippen LogP contribution in [0.3, 0.4) is 0 Å². The molecule has 140 valence electrons. The van der Waals surface area contributed by atoms with Gasteiger partial charge >= 0.3 is 0 Å². The zero-order valence-electron chi connectivity index (χ0n) is 15.0. The molecule has 0 atom stereocenters. The summed E-state index contributed by atoms with van der Waals surface area (Å²) in [6, 6.07) is 13.4. The summed E-state index contributed by atoms with van der Waals surface area (Å²) in [7, 11) is 0. The lowest BCUT2D eigenvalue weighted by Crippen LogP contribution is -2.21. The van der Waals surface area contributed by atoms with Crippen molar-refractivity contribution in [1.29, 1.82) is 0 Å². The van der Waals surface area contributed by atoms with E-state index in [9.17, 15) is 0 Å². The summed E-state index contributed by atoms with van der Waals surface area (Å²) in [5, 5.41) is 12.5. The van der Waals surface area contributed by atoms with Crippen molar-refractivity contribution in [3.8, 4) is 11.4 Å². The summed E-state index contributed by atoms with van der Waals surface area (Å²) in [5.74, 6) is 0.526. The van der Waals surface area contributed by atoms with Crippen LogP contribution < -0.4 is 4.90 Å². The SMILES string of the molecule is CCN(CC)c1ccc(C=Nn2c(-c3ccc(Cl)cc3Cl)n[nH]c2=S)cc1. The van der Waals surface area contributed by atoms with Gasteiger partial charge in [-0.25, -0.2) is 5.10 Å². The number of aromatic nitrogens is 3. The molecule has 0 amide bonds. The molecule has 1 heterocycles. The Hall–Kier alpha value is -2.15. The lowest BCUT2D eigenvalue weighted by atomic mass is 10.2. The predicted molar refractivity (Wildman–Crippen MR) is 116 cm³/mol. The predicted octanol–water partition coefficient (Wildman–Crippen LogP) is 5.64. The van der Waals surface area contributed by atoms with Gasteiger partial charge < -0.3 is 4.90 Å². The van der Waals surface area contributed by atoms with Gasteiger partial charge in [-0.05, 0) is 62.0 Å². The molecule has 0 spiro atoms. The molecular weight excluding hydrogens is 401 g/mol. The number of aromatic amines is 1. The molecule has 3 rings (SSSR count). The molecule has 0 bridgehead atoms. The average Bonchev–Trinajstić information content (AvgIpc) is 3.02.